The summed E-state index contributed by atoms with van der Waals surface area (Å²) < 4.78 is 5.41. The lowest BCUT2D eigenvalue weighted by Crippen LogP contribution is -2.32. The van der Waals surface area contributed by atoms with Gasteiger partial charge in [-0.3, -0.25) is 0 Å². The van der Waals surface area contributed by atoms with E-state index in [1.54, 1.807) is 0 Å². The average molecular weight is 284 g/mol. The lowest BCUT2D eigenvalue weighted by atomic mass is 10.0. The largest absolute Gasteiger partial charge is 0.382 e. The van der Waals surface area contributed by atoms with Gasteiger partial charge in [-0.05, 0) is 56.8 Å². The molecule has 0 heterocycles. The molecule has 0 spiro atoms. The second-order valence-electron chi connectivity index (χ2n) is 4.82. The van der Waals surface area contributed by atoms with E-state index in [4.69, 9.17) is 16.3 Å². The Morgan fingerprint density at radius 2 is 2.16 bits per heavy atom. The van der Waals surface area contributed by atoms with Crippen LogP contribution in [0.25, 0.3) is 0 Å². The minimum absolute atomic E-state index is 0.513. The van der Waals surface area contributed by atoms with Crippen LogP contribution in [0.2, 0.25) is 5.02 Å². The van der Waals surface area contributed by atoms with Crippen LogP contribution in [-0.4, -0.2) is 25.8 Å². The topological polar surface area (TPSA) is 21.3 Å². The quantitative estimate of drug-likeness (QED) is 0.654. The molecule has 0 aliphatic heterocycles. The van der Waals surface area contributed by atoms with E-state index in [1.165, 1.54) is 5.56 Å². The first-order valence-electron chi connectivity index (χ1n) is 7.31. The molecule has 0 fully saturated rings. The lowest BCUT2D eigenvalue weighted by Gasteiger charge is -2.18. The number of benzene rings is 1. The van der Waals surface area contributed by atoms with Gasteiger partial charge in [0.15, 0.2) is 0 Å². The molecule has 0 aliphatic carbocycles. The van der Waals surface area contributed by atoms with Crippen molar-refractivity contribution < 1.29 is 4.74 Å². The van der Waals surface area contributed by atoms with E-state index in [9.17, 15) is 0 Å². The number of hydrogen-bond donors (Lipinski definition) is 1. The second-order valence-corrected chi connectivity index (χ2v) is 5.26. The fraction of sp³-hybridized carbons (Fsp3) is 0.625. The summed E-state index contributed by atoms with van der Waals surface area (Å²) in [6.45, 7) is 6.97. The van der Waals surface area contributed by atoms with E-state index in [0.29, 0.717) is 6.04 Å². The molecule has 1 atom stereocenters. The van der Waals surface area contributed by atoms with E-state index in [2.05, 4.69) is 24.4 Å². The third-order valence-corrected chi connectivity index (χ3v) is 3.33. The molecule has 1 unspecified atom stereocenters. The molecular formula is C16H26ClNO. The maximum atomic E-state index is 6.04. The molecular weight excluding hydrogens is 258 g/mol. The predicted octanol–water partition coefficient (Wildman–Crippen LogP) is 4.07. The van der Waals surface area contributed by atoms with Crippen molar-refractivity contribution in [2.45, 2.75) is 45.6 Å². The zero-order valence-electron chi connectivity index (χ0n) is 12.1. The van der Waals surface area contributed by atoms with Crippen LogP contribution in [0, 0.1) is 0 Å². The van der Waals surface area contributed by atoms with Crippen LogP contribution in [0.4, 0.5) is 0 Å². The Balaban J connectivity index is 2.43. The lowest BCUT2D eigenvalue weighted by molar-refractivity contribution is 0.140. The monoisotopic (exact) mass is 283 g/mol. The van der Waals surface area contributed by atoms with Gasteiger partial charge in [0, 0.05) is 24.3 Å². The molecule has 0 bridgehead atoms. The van der Waals surface area contributed by atoms with E-state index in [1.807, 2.05) is 19.1 Å². The van der Waals surface area contributed by atoms with Crippen molar-refractivity contribution >= 4 is 11.6 Å². The van der Waals surface area contributed by atoms with Gasteiger partial charge in [-0.15, -0.1) is 0 Å². The maximum Gasteiger partial charge on any atom is 0.0466 e. The molecule has 0 aliphatic rings. The van der Waals surface area contributed by atoms with E-state index < -0.39 is 0 Å². The van der Waals surface area contributed by atoms with Crippen LogP contribution in [-0.2, 0) is 11.2 Å². The Bertz CT molecular complexity index is 343. The first-order chi connectivity index (χ1) is 9.26. The Kier molecular flexibility index (Phi) is 8.89. The summed E-state index contributed by atoms with van der Waals surface area (Å²) >= 11 is 6.04. The highest BCUT2D eigenvalue weighted by Crippen LogP contribution is 2.14. The highest BCUT2D eigenvalue weighted by atomic mass is 35.5. The molecule has 0 saturated carbocycles. The standard InChI is InChI=1S/C16H26ClNO/c1-3-10-18-16(9-6-11-19-4-2)13-14-7-5-8-15(17)12-14/h5,7-8,12,16,18H,3-4,6,9-11,13H2,1-2H3. The third-order valence-electron chi connectivity index (χ3n) is 3.10. The normalized spacial score (nSPS) is 12.6. The molecule has 1 rings (SSSR count). The number of halogens is 1. The predicted molar refractivity (Wildman–Crippen MR) is 83.0 cm³/mol. The van der Waals surface area contributed by atoms with Crippen LogP contribution in [0.15, 0.2) is 24.3 Å². The third kappa shape index (κ3) is 7.56. The second kappa shape index (κ2) is 10.2. The fourth-order valence-corrected chi connectivity index (χ4v) is 2.36. The van der Waals surface area contributed by atoms with Crippen molar-refractivity contribution in [3.05, 3.63) is 34.9 Å². The summed E-state index contributed by atoms with van der Waals surface area (Å²) in [4.78, 5) is 0. The first kappa shape index (κ1) is 16.5. The van der Waals surface area contributed by atoms with Crippen molar-refractivity contribution in [1.29, 1.82) is 0 Å². The van der Waals surface area contributed by atoms with Crippen molar-refractivity contribution in [3.8, 4) is 0 Å². The number of nitrogens with one attached hydrogen (secondary N) is 1. The molecule has 1 aromatic carbocycles. The summed E-state index contributed by atoms with van der Waals surface area (Å²) in [6.07, 6.45) is 4.45. The molecule has 108 valence electrons. The zero-order valence-corrected chi connectivity index (χ0v) is 12.9. The van der Waals surface area contributed by atoms with Crippen LogP contribution >= 0.6 is 11.6 Å². The molecule has 0 radical (unpaired) electrons. The summed E-state index contributed by atoms with van der Waals surface area (Å²) in [6, 6.07) is 8.67. The van der Waals surface area contributed by atoms with Gasteiger partial charge in [-0.2, -0.15) is 0 Å². The van der Waals surface area contributed by atoms with E-state index in [0.717, 1.165) is 50.5 Å². The highest BCUT2D eigenvalue weighted by Gasteiger charge is 2.09. The van der Waals surface area contributed by atoms with Gasteiger partial charge in [0.25, 0.3) is 0 Å². The van der Waals surface area contributed by atoms with Crippen LogP contribution in [0.1, 0.15) is 38.7 Å². The maximum absolute atomic E-state index is 6.04. The number of rotatable bonds is 10. The van der Waals surface area contributed by atoms with Crippen LogP contribution in [0.3, 0.4) is 0 Å². The van der Waals surface area contributed by atoms with Gasteiger partial charge in [0.1, 0.15) is 0 Å². The molecule has 0 aromatic heterocycles. The Morgan fingerprint density at radius 1 is 1.32 bits per heavy atom. The molecule has 1 aromatic rings. The molecule has 1 N–H and O–H groups in total. The number of ether oxygens (including phenoxy) is 1. The van der Waals surface area contributed by atoms with Gasteiger partial charge in [0.2, 0.25) is 0 Å². The highest BCUT2D eigenvalue weighted by molar-refractivity contribution is 6.30. The van der Waals surface area contributed by atoms with Gasteiger partial charge >= 0.3 is 0 Å². The Hall–Kier alpha value is -0.570. The minimum atomic E-state index is 0.513. The molecule has 2 nitrogen and oxygen atoms in total. The summed E-state index contributed by atoms with van der Waals surface area (Å²) in [7, 11) is 0. The van der Waals surface area contributed by atoms with Crippen molar-refractivity contribution in [2.24, 2.45) is 0 Å². The molecule has 0 amide bonds. The summed E-state index contributed by atoms with van der Waals surface area (Å²) in [5.74, 6) is 0. The van der Waals surface area contributed by atoms with Crippen molar-refractivity contribution in [3.63, 3.8) is 0 Å². The Morgan fingerprint density at radius 3 is 2.84 bits per heavy atom. The van der Waals surface area contributed by atoms with Crippen LogP contribution in [0.5, 0.6) is 0 Å². The zero-order chi connectivity index (χ0) is 13.9. The van der Waals surface area contributed by atoms with Crippen molar-refractivity contribution in [2.75, 3.05) is 19.8 Å². The molecule has 0 saturated heterocycles. The van der Waals surface area contributed by atoms with Crippen molar-refractivity contribution in [1.82, 2.24) is 5.32 Å². The van der Waals surface area contributed by atoms with Gasteiger partial charge < -0.3 is 10.1 Å². The molecule has 3 heteroatoms. The van der Waals surface area contributed by atoms with E-state index >= 15 is 0 Å². The van der Waals surface area contributed by atoms with Gasteiger partial charge in [-0.1, -0.05) is 30.7 Å². The van der Waals surface area contributed by atoms with Crippen LogP contribution < -0.4 is 5.32 Å². The summed E-state index contributed by atoms with van der Waals surface area (Å²) in [5, 5.41) is 4.44. The van der Waals surface area contributed by atoms with E-state index in [-0.39, 0.29) is 0 Å². The smallest absolute Gasteiger partial charge is 0.0466 e. The Labute approximate surface area is 122 Å². The first-order valence-corrected chi connectivity index (χ1v) is 7.69. The molecule has 19 heavy (non-hydrogen) atoms. The number of hydrogen-bond acceptors (Lipinski definition) is 2. The fourth-order valence-electron chi connectivity index (χ4n) is 2.15. The summed E-state index contributed by atoms with van der Waals surface area (Å²) in [5.41, 5.74) is 1.30. The van der Waals surface area contributed by atoms with Gasteiger partial charge in [-0.25, -0.2) is 0 Å². The SMILES string of the molecule is CCCNC(CCCOCC)Cc1cccc(Cl)c1. The average Bonchev–Trinajstić information content (AvgIpc) is 2.40. The van der Waals surface area contributed by atoms with Gasteiger partial charge in [0.05, 0.1) is 0 Å². The minimum Gasteiger partial charge on any atom is -0.382 e.